The number of nitrogens with zero attached hydrogens (tertiary/aromatic N) is 1. The molecule has 2 rings (SSSR count). The van der Waals surface area contributed by atoms with Crippen molar-refractivity contribution < 1.29 is 9.84 Å². The van der Waals surface area contributed by atoms with Crippen molar-refractivity contribution >= 4 is 6.21 Å². The largest absolute Gasteiger partial charge is 0.388 e. The lowest BCUT2D eigenvalue weighted by atomic mass is 9.82. The SMILES string of the molecule is C=C(CNCC1(O)CCOCC1)/C(=C\C(C)(C)CC/C=C(N)/N=C\CC)[C@@H]1CCCN1. The molecular weight excluding hydrogens is 388 g/mol. The molecule has 31 heavy (non-hydrogen) atoms. The number of aliphatic hydroxyl groups is 1. The molecule has 0 aromatic heterocycles. The van der Waals surface area contributed by atoms with E-state index in [2.05, 4.69) is 49.1 Å². The van der Waals surface area contributed by atoms with Gasteiger partial charge in [-0.3, -0.25) is 0 Å². The van der Waals surface area contributed by atoms with E-state index in [0.717, 1.165) is 37.8 Å². The summed E-state index contributed by atoms with van der Waals surface area (Å²) in [5, 5.41) is 17.8. The van der Waals surface area contributed by atoms with Gasteiger partial charge in [0.15, 0.2) is 0 Å². The van der Waals surface area contributed by atoms with Gasteiger partial charge in [0.25, 0.3) is 0 Å². The second-order valence-electron chi connectivity index (χ2n) is 9.67. The Kier molecular flexibility index (Phi) is 10.4. The molecule has 5 N–H and O–H groups in total. The highest BCUT2D eigenvalue weighted by Crippen LogP contribution is 2.31. The summed E-state index contributed by atoms with van der Waals surface area (Å²) in [4.78, 5) is 4.23. The van der Waals surface area contributed by atoms with Crippen LogP contribution in [0.2, 0.25) is 0 Å². The number of rotatable bonds is 12. The Balaban J connectivity index is 1.98. The minimum atomic E-state index is -0.667. The number of hydrogen-bond donors (Lipinski definition) is 4. The Labute approximate surface area is 189 Å². The zero-order chi connectivity index (χ0) is 22.7. The molecule has 2 aliphatic rings. The van der Waals surface area contributed by atoms with E-state index in [9.17, 15) is 5.11 Å². The molecule has 2 aliphatic heterocycles. The fraction of sp³-hybridized carbons (Fsp3) is 0.720. The Hall–Kier alpha value is -1.47. The van der Waals surface area contributed by atoms with Crippen molar-refractivity contribution in [3.05, 3.63) is 35.7 Å². The first-order valence-electron chi connectivity index (χ1n) is 11.9. The molecule has 176 valence electrons. The second-order valence-corrected chi connectivity index (χ2v) is 9.67. The Morgan fingerprint density at radius 3 is 2.77 bits per heavy atom. The molecule has 0 bridgehead atoms. The van der Waals surface area contributed by atoms with Gasteiger partial charge in [0, 0.05) is 51.4 Å². The molecule has 6 nitrogen and oxygen atoms in total. The van der Waals surface area contributed by atoms with Gasteiger partial charge >= 0.3 is 0 Å². The van der Waals surface area contributed by atoms with Gasteiger partial charge in [-0.1, -0.05) is 33.4 Å². The number of nitrogens with one attached hydrogen (secondary N) is 2. The van der Waals surface area contributed by atoms with E-state index in [-0.39, 0.29) is 5.41 Å². The van der Waals surface area contributed by atoms with Gasteiger partial charge in [0.05, 0.1) is 5.60 Å². The Morgan fingerprint density at radius 2 is 2.13 bits per heavy atom. The van der Waals surface area contributed by atoms with Gasteiger partial charge < -0.3 is 26.2 Å². The topological polar surface area (TPSA) is 91.9 Å². The standard InChI is InChI=1S/C25H44N4O2/c1-5-13-29-23(26)9-6-10-24(3,4)17-21(22-8-7-14-28-22)20(2)18-27-19-25(30)11-15-31-16-12-25/h9,13,17,22,27-28,30H,2,5-8,10-12,14-16,18-19,26H2,1,3-4H3/b21-17+,23-9+,29-13-/t22-/m0/s1. The van der Waals surface area contributed by atoms with Crippen LogP contribution >= 0.6 is 0 Å². The molecule has 2 saturated heterocycles. The van der Waals surface area contributed by atoms with Gasteiger partial charge in [0.2, 0.25) is 0 Å². The summed E-state index contributed by atoms with van der Waals surface area (Å²) in [7, 11) is 0. The molecule has 0 aliphatic carbocycles. The van der Waals surface area contributed by atoms with Gasteiger partial charge in [-0.05, 0) is 61.3 Å². The minimum absolute atomic E-state index is 0.0205. The van der Waals surface area contributed by atoms with Crippen molar-refractivity contribution in [1.82, 2.24) is 10.6 Å². The van der Waals surface area contributed by atoms with Gasteiger partial charge in [-0.25, -0.2) is 4.99 Å². The molecule has 0 spiro atoms. The molecule has 1 atom stereocenters. The van der Waals surface area contributed by atoms with Crippen LogP contribution in [0, 0.1) is 5.41 Å². The third kappa shape index (κ3) is 9.27. The van der Waals surface area contributed by atoms with Crippen LogP contribution < -0.4 is 16.4 Å². The van der Waals surface area contributed by atoms with Crippen molar-refractivity contribution in [2.75, 3.05) is 32.8 Å². The van der Waals surface area contributed by atoms with Crippen molar-refractivity contribution in [2.45, 2.75) is 77.4 Å². The van der Waals surface area contributed by atoms with Crippen molar-refractivity contribution in [2.24, 2.45) is 16.1 Å². The second kappa shape index (κ2) is 12.5. The van der Waals surface area contributed by atoms with Gasteiger partial charge in [-0.2, -0.15) is 0 Å². The summed E-state index contributed by atoms with van der Waals surface area (Å²) in [5.41, 5.74) is 7.71. The maximum Gasteiger partial charge on any atom is 0.118 e. The maximum atomic E-state index is 10.7. The van der Waals surface area contributed by atoms with Crippen LogP contribution in [-0.4, -0.2) is 55.8 Å². The fourth-order valence-electron chi connectivity index (χ4n) is 4.21. The van der Waals surface area contributed by atoms with Crippen LogP contribution in [0.3, 0.4) is 0 Å². The van der Waals surface area contributed by atoms with Crippen LogP contribution in [0.1, 0.15) is 65.7 Å². The molecule has 0 radical (unpaired) electrons. The number of hydrogen-bond acceptors (Lipinski definition) is 6. The molecule has 2 fully saturated rings. The first-order chi connectivity index (χ1) is 14.7. The van der Waals surface area contributed by atoms with Gasteiger partial charge in [-0.15, -0.1) is 0 Å². The van der Waals surface area contributed by atoms with Gasteiger partial charge in [0.1, 0.15) is 5.82 Å². The lowest BCUT2D eigenvalue weighted by Crippen LogP contribution is -2.45. The highest BCUT2D eigenvalue weighted by Gasteiger charge is 2.30. The van der Waals surface area contributed by atoms with E-state index in [0.29, 0.717) is 51.0 Å². The molecule has 2 heterocycles. The Bertz CT molecular complexity index is 654. The third-order valence-electron chi connectivity index (χ3n) is 6.17. The monoisotopic (exact) mass is 432 g/mol. The maximum absolute atomic E-state index is 10.7. The highest BCUT2D eigenvalue weighted by atomic mass is 16.5. The summed E-state index contributed by atoms with van der Waals surface area (Å²) in [6.07, 6.45) is 12.7. The van der Waals surface area contributed by atoms with Crippen LogP contribution in [0.5, 0.6) is 0 Å². The van der Waals surface area contributed by atoms with E-state index in [4.69, 9.17) is 10.5 Å². The number of aliphatic imine (C=N–C) groups is 1. The molecule has 0 unspecified atom stereocenters. The zero-order valence-electron chi connectivity index (χ0n) is 19.9. The third-order valence-corrected chi connectivity index (χ3v) is 6.17. The predicted molar refractivity (Wildman–Crippen MR) is 130 cm³/mol. The molecular formula is C25H44N4O2. The first-order valence-corrected chi connectivity index (χ1v) is 11.9. The van der Waals surface area contributed by atoms with E-state index >= 15 is 0 Å². The van der Waals surface area contributed by atoms with Crippen LogP contribution in [-0.2, 0) is 4.74 Å². The first kappa shape index (κ1) is 25.8. The van der Waals surface area contributed by atoms with E-state index in [1.807, 2.05) is 12.3 Å². The fourth-order valence-corrected chi connectivity index (χ4v) is 4.21. The van der Waals surface area contributed by atoms with Crippen LogP contribution in [0.4, 0.5) is 0 Å². The molecule has 0 aromatic rings. The lowest BCUT2D eigenvalue weighted by Gasteiger charge is -2.32. The number of nitrogens with two attached hydrogens (primary N) is 1. The molecule has 0 saturated carbocycles. The van der Waals surface area contributed by atoms with Crippen molar-refractivity contribution in [3.8, 4) is 0 Å². The quantitative estimate of drug-likeness (QED) is 0.280. The summed E-state index contributed by atoms with van der Waals surface area (Å²) >= 11 is 0. The normalized spacial score (nSPS) is 22.9. The summed E-state index contributed by atoms with van der Waals surface area (Å²) in [5.74, 6) is 0.596. The van der Waals surface area contributed by atoms with E-state index in [1.54, 1.807) is 0 Å². The number of allylic oxidation sites excluding steroid dienone is 2. The highest BCUT2D eigenvalue weighted by molar-refractivity contribution is 5.58. The van der Waals surface area contributed by atoms with Crippen molar-refractivity contribution in [3.63, 3.8) is 0 Å². The molecule has 0 aromatic carbocycles. The van der Waals surface area contributed by atoms with E-state index in [1.165, 1.54) is 12.0 Å². The number of ether oxygens (including phenoxy) is 1. The Morgan fingerprint density at radius 1 is 1.39 bits per heavy atom. The van der Waals surface area contributed by atoms with Crippen molar-refractivity contribution in [1.29, 1.82) is 0 Å². The predicted octanol–water partition coefficient (Wildman–Crippen LogP) is 3.44. The lowest BCUT2D eigenvalue weighted by molar-refractivity contribution is -0.0611. The molecule has 0 amide bonds. The smallest absolute Gasteiger partial charge is 0.118 e. The van der Waals surface area contributed by atoms with Crippen LogP contribution in [0.15, 0.2) is 40.7 Å². The van der Waals surface area contributed by atoms with Crippen LogP contribution in [0.25, 0.3) is 0 Å². The average molecular weight is 433 g/mol. The average Bonchev–Trinajstić information content (AvgIpc) is 3.25. The summed E-state index contributed by atoms with van der Waals surface area (Å²) in [6.45, 7) is 14.6. The minimum Gasteiger partial charge on any atom is -0.388 e. The zero-order valence-corrected chi connectivity index (χ0v) is 19.9. The summed E-state index contributed by atoms with van der Waals surface area (Å²) < 4.78 is 5.38. The van der Waals surface area contributed by atoms with E-state index < -0.39 is 5.60 Å². The molecule has 6 heteroatoms. The summed E-state index contributed by atoms with van der Waals surface area (Å²) in [6, 6.07) is 0.356.